The topological polar surface area (TPSA) is 38.3 Å². The molecule has 0 unspecified atom stereocenters. The summed E-state index contributed by atoms with van der Waals surface area (Å²) < 4.78 is 5.65. The van der Waals surface area contributed by atoms with Crippen LogP contribution in [0.4, 0.5) is 5.69 Å². The number of carbonyl (C=O) groups is 1. The van der Waals surface area contributed by atoms with Crippen LogP contribution >= 0.6 is 0 Å². The first-order valence-corrected chi connectivity index (χ1v) is 7.86. The van der Waals surface area contributed by atoms with Crippen LogP contribution in [0.3, 0.4) is 0 Å². The van der Waals surface area contributed by atoms with E-state index < -0.39 is 0 Å². The summed E-state index contributed by atoms with van der Waals surface area (Å²) in [5.41, 5.74) is 1.78. The fourth-order valence-electron chi connectivity index (χ4n) is 2.58. The second-order valence-electron chi connectivity index (χ2n) is 5.50. The Labute approximate surface area is 141 Å². The summed E-state index contributed by atoms with van der Waals surface area (Å²) in [6.45, 7) is 3.71. The lowest BCUT2D eigenvalue weighted by Crippen LogP contribution is -2.20. The zero-order valence-corrected chi connectivity index (χ0v) is 13.4. The number of carbonyl (C=O) groups excluding carboxylic acids is 1. The van der Waals surface area contributed by atoms with Crippen LogP contribution in [-0.4, -0.2) is 12.5 Å². The average Bonchev–Trinajstić information content (AvgIpc) is 2.61. The SMILES string of the molecule is C=CCc1ccccc1OCC(=O)Nc1ccc2ccccc2c1. The number of nitrogens with one attached hydrogen (secondary N) is 1. The molecule has 3 aromatic carbocycles. The standard InChI is InChI=1S/C21H19NO2/c1-2-7-17-9-5-6-11-20(17)24-15-21(23)22-19-13-12-16-8-3-4-10-18(16)14-19/h2-6,8-14H,1,7,15H2,(H,22,23). The molecule has 0 bridgehead atoms. The zero-order chi connectivity index (χ0) is 16.8. The van der Waals surface area contributed by atoms with E-state index in [1.165, 1.54) is 0 Å². The van der Waals surface area contributed by atoms with Crippen molar-refractivity contribution in [2.24, 2.45) is 0 Å². The van der Waals surface area contributed by atoms with Crippen molar-refractivity contribution in [3.8, 4) is 5.75 Å². The molecule has 0 spiro atoms. The van der Waals surface area contributed by atoms with Gasteiger partial charge in [-0.3, -0.25) is 4.79 Å². The highest BCUT2D eigenvalue weighted by Gasteiger charge is 2.07. The zero-order valence-electron chi connectivity index (χ0n) is 13.4. The monoisotopic (exact) mass is 317 g/mol. The second-order valence-corrected chi connectivity index (χ2v) is 5.50. The predicted molar refractivity (Wildman–Crippen MR) is 98.4 cm³/mol. The summed E-state index contributed by atoms with van der Waals surface area (Å²) in [5.74, 6) is 0.532. The number of benzene rings is 3. The maximum atomic E-state index is 12.1. The molecule has 0 aliphatic heterocycles. The molecule has 0 saturated carbocycles. The predicted octanol–water partition coefficient (Wildman–Crippen LogP) is 4.59. The third-order valence-electron chi connectivity index (χ3n) is 3.73. The summed E-state index contributed by atoms with van der Waals surface area (Å²) in [7, 11) is 0. The first-order valence-electron chi connectivity index (χ1n) is 7.86. The minimum absolute atomic E-state index is 0.0268. The normalized spacial score (nSPS) is 10.3. The minimum Gasteiger partial charge on any atom is -0.483 e. The third-order valence-corrected chi connectivity index (χ3v) is 3.73. The number of ether oxygens (including phenoxy) is 1. The van der Waals surface area contributed by atoms with Gasteiger partial charge in [-0.15, -0.1) is 6.58 Å². The van der Waals surface area contributed by atoms with Crippen molar-refractivity contribution in [1.29, 1.82) is 0 Å². The number of fused-ring (bicyclic) bond motifs is 1. The van der Waals surface area contributed by atoms with Gasteiger partial charge in [-0.05, 0) is 41.0 Å². The van der Waals surface area contributed by atoms with Gasteiger partial charge >= 0.3 is 0 Å². The van der Waals surface area contributed by atoms with Gasteiger partial charge in [0.1, 0.15) is 5.75 Å². The van der Waals surface area contributed by atoms with Crippen LogP contribution in [0.15, 0.2) is 79.4 Å². The third kappa shape index (κ3) is 3.82. The molecule has 3 nitrogen and oxygen atoms in total. The summed E-state index contributed by atoms with van der Waals surface area (Å²) in [6, 6.07) is 21.6. The Morgan fingerprint density at radius 1 is 1.00 bits per heavy atom. The van der Waals surface area contributed by atoms with Crippen LogP contribution in [0.5, 0.6) is 5.75 Å². The van der Waals surface area contributed by atoms with E-state index in [0.29, 0.717) is 12.2 Å². The van der Waals surface area contributed by atoms with Crippen LogP contribution in [0.25, 0.3) is 10.8 Å². The van der Waals surface area contributed by atoms with E-state index >= 15 is 0 Å². The van der Waals surface area contributed by atoms with E-state index in [1.54, 1.807) is 0 Å². The average molecular weight is 317 g/mol. The smallest absolute Gasteiger partial charge is 0.262 e. The molecule has 0 aliphatic carbocycles. The van der Waals surface area contributed by atoms with E-state index in [-0.39, 0.29) is 12.5 Å². The summed E-state index contributed by atoms with van der Waals surface area (Å²) in [5, 5.41) is 5.11. The summed E-state index contributed by atoms with van der Waals surface area (Å²) in [4.78, 5) is 12.1. The van der Waals surface area contributed by atoms with Crippen LogP contribution in [0, 0.1) is 0 Å². The molecule has 3 rings (SSSR count). The van der Waals surface area contributed by atoms with Crippen LogP contribution in [0.1, 0.15) is 5.56 Å². The van der Waals surface area contributed by atoms with Crippen molar-refractivity contribution in [2.75, 3.05) is 11.9 Å². The molecule has 0 atom stereocenters. The molecule has 24 heavy (non-hydrogen) atoms. The van der Waals surface area contributed by atoms with E-state index in [2.05, 4.69) is 11.9 Å². The highest BCUT2D eigenvalue weighted by atomic mass is 16.5. The Morgan fingerprint density at radius 2 is 1.75 bits per heavy atom. The van der Waals surface area contributed by atoms with Crippen LogP contribution in [-0.2, 0) is 11.2 Å². The molecule has 0 aliphatic rings. The molecule has 1 N–H and O–H groups in total. The van der Waals surface area contributed by atoms with E-state index in [9.17, 15) is 4.79 Å². The second kappa shape index (κ2) is 7.47. The maximum absolute atomic E-state index is 12.1. The number of para-hydroxylation sites is 1. The van der Waals surface area contributed by atoms with Gasteiger partial charge in [0.15, 0.2) is 6.61 Å². The van der Waals surface area contributed by atoms with Gasteiger partial charge in [-0.1, -0.05) is 54.6 Å². The Morgan fingerprint density at radius 3 is 2.58 bits per heavy atom. The van der Waals surface area contributed by atoms with E-state index in [0.717, 1.165) is 22.0 Å². The fourth-order valence-corrected chi connectivity index (χ4v) is 2.58. The minimum atomic E-state index is -0.182. The molecular formula is C21H19NO2. The van der Waals surface area contributed by atoms with Crippen molar-refractivity contribution < 1.29 is 9.53 Å². The quantitative estimate of drug-likeness (QED) is 0.676. The molecule has 0 saturated heterocycles. The molecule has 0 heterocycles. The van der Waals surface area contributed by atoms with Gasteiger partial charge < -0.3 is 10.1 Å². The molecule has 3 aromatic rings. The van der Waals surface area contributed by atoms with Gasteiger partial charge in [0.05, 0.1) is 0 Å². The lowest BCUT2D eigenvalue weighted by Gasteiger charge is -2.11. The number of hydrogen-bond acceptors (Lipinski definition) is 2. The number of rotatable bonds is 6. The molecule has 3 heteroatoms. The van der Waals surface area contributed by atoms with Crippen LogP contribution < -0.4 is 10.1 Å². The van der Waals surface area contributed by atoms with E-state index in [1.807, 2.05) is 72.8 Å². The number of amides is 1. The first-order chi connectivity index (χ1) is 11.8. The highest BCUT2D eigenvalue weighted by Crippen LogP contribution is 2.20. The van der Waals surface area contributed by atoms with Crippen molar-refractivity contribution >= 4 is 22.4 Å². The largest absolute Gasteiger partial charge is 0.483 e. The molecular weight excluding hydrogens is 298 g/mol. The molecule has 0 fully saturated rings. The van der Waals surface area contributed by atoms with Gasteiger partial charge in [0, 0.05) is 5.69 Å². The first kappa shape index (κ1) is 15.8. The Balaban J connectivity index is 1.64. The lowest BCUT2D eigenvalue weighted by molar-refractivity contribution is -0.118. The Kier molecular flexibility index (Phi) is 4.92. The van der Waals surface area contributed by atoms with Crippen molar-refractivity contribution in [1.82, 2.24) is 0 Å². The van der Waals surface area contributed by atoms with Crippen molar-refractivity contribution in [2.45, 2.75) is 6.42 Å². The molecule has 120 valence electrons. The summed E-state index contributed by atoms with van der Waals surface area (Å²) in [6.07, 6.45) is 2.53. The van der Waals surface area contributed by atoms with Crippen LogP contribution in [0.2, 0.25) is 0 Å². The van der Waals surface area contributed by atoms with Gasteiger partial charge in [-0.25, -0.2) is 0 Å². The Bertz CT molecular complexity index is 870. The number of allylic oxidation sites excluding steroid dienone is 1. The molecule has 0 aromatic heterocycles. The van der Waals surface area contributed by atoms with Crippen molar-refractivity contribution in [3.05, 3.63) is 84.9 Å². The summed E-state index contributed by atoms with van der Waals surface area (Å²) >= 11 is 0. The molecule has 1 amide bonds. The van der Waals surface area contributed by atoms with Gasteiger partial charge in [0.2, 0.25) is 0 Å². The molecule has 0 radical (unpaired) electrons. The van der Waals surface area contributed by atoms with Crippen molar-refractivity contribution in [3.63, 3.8) is 0 Å². The van der Waals surface area contributed by atoms with E-state index in [4.69, 9.17) is 4.74 Å². The number of anilines is 1. The fraction of sp³-hybridized carbons (Fsp3) is 0.0952. The van der Waals surface area contributed by atoms with Gasteiger partial charge in [0.25, 0.3) is 5.91 Å². The lowest BCUT2D eigenvalue weighted by atomic mass is 10.1. The number of hydrogen-bond donors (Lipinski definition) is 1. The Hall–Kier alpha value is -3.07. The highest BCUT2D eigenvalue weighted by molar-refractivity contribution is 5.95. The van der Waals surface area contributed by atoms with Gasteiger partial charge in [-0.2, -0.15) is 0 Å². The maximum Gasteiger partial charge on any atom is 0.262 e.